The predicted octanol–water partition coefficient (Wildman–Crippen LogP) is 2.60. The Hall–Kier alpha value is -1.09. The van der Waals surface area contributed by atoms with Crippen LogP contribution in [0.3, 0.4) is 0 Å². The molecule has 1 aromatic rings. The first-order valence-corrected chi connectivity index (χ1v) is 6.38. The molecule has 1 saturated heterocycles. The van der Waals surface area contributed by atoms with Gasteiger partial charge in [0.2, 0.25) is 0 Å². The summed E-state index contributed by atoms with van der Waals surface area (Å²) in [7, 11) is 0. The number of benzene rings is 1. The zero-order valence-corrected chi connectivity index (χ0v) is 10.7. The molecule has 1 heterocycles. The highest BCUT2D eigenvalue weighted by Gasteiger charge is 2.17. The Morgan fingerprint density at radius 3 is 2.18 bits per heavy atom. The molecule has 0 N–H and O–H groups in total. The molecule has 0 atom stereocenters. The molecular formula is C14H21FN2. The molecular weight excluding hydrogens is 215 g/mol. The molecule has 1 aliphatic heterocycles. The van der Waals surface area contributed by atoms with Crippen molar-refractivity contribution in [3.8, 4) is 0 Å². The van der Waals surface area contributed by atoms with E-state index in [9.17, 15) is 4.39 Å². The van der Waals surface area contributed by atoms with Gasteiger partial charge in [0.25, 0.3) is 0 Å². The Bertz CT molecular complexity index is 340. The summed E-state index contributed by atoms with van der Waals surface area (Å²) in [5, 5.41) is 0. The molecule has 2 nitrogen and oxygen atoms in total. The summed E-state index contributed by atoms with van der Waals surface area (Å²) >= 11 is 0. The van der Waals surface area contributed by atoms with Gasteiger partial charge in [-0.15, -0.1) is 0 Å². The Kier molecular flexibility index (Phi) is 4.00. The molecule has 0 bridgehead atoms. The number of hydrogen-bond acceptors (Lipinski definition) is 2. The van der Waals surface area contributed by atoms with Gasteiger partial charge in [0.1, 0.15) is 5.82 Å². The normalized spacial score (nSPS) is 17.8. The van der Waals surface area contributed by atoms with Gasteiger partial charge in [-0.25, -0.2) is 4.39 Å². The van der Waals surface area contributed by atoms with Crippen LogP contribution in [0.4, 0.5) is 10.1 Å². The van der Waals surface area contributed by atoms with Gasteiger partial charge in [-0.3, -0.25) is 4.90 Å². The summed E-state index contributed by atoms with van der Waals surface area (Å²) in [4.78, 5) is 4.83. The van der Waals surface area contributed by atoms with Crippen molar-refractivity contribution in [2.75, 3.05) is 37.6 Å². The maximum Gasteiger partial charge on any atom is 0.123 e. The Labute approximate surface area is 103 Å². The Morgan fingerprint density at radius 2 is 1.65 bits per heavy atom. The molecule has 2 rings (SSSR count). The standard InChI is InChI=1S/C14H21FN2/c1-12(2)11-16-7-9-17(10-8-16)14-5-3-13(15)4-6-14/h3-6,12H,7-11H2,1-2H3. The van der Waals surface area contributed by atoms with E-state index in [1.807, 2.05) is 12.1 Å². The number of anilines is 1. The van der Waals surface area contributed by atoms with Crippen molar-refractivity contribution < 1.29 is 4.39 Å². The maximum absolute atomic E-state index is 12.8. The van der Waals surface area contributed by atoms with Gasteiger partial charge < -0.3 is 4.90 Å². The van der Waals surface area contributed by atoms with Crippen molar-refractivity contribution in [2.45, 2.75) is 13.8 Å². The highest BCUT2D eigenvalue weighted by Crippen LogP contribution is 2.17. The van der Waals surface area contributed by atoms with E-state index in [-0.39, 0.29) is 5.82 Å². The second kappa shape index (κ2) is 5.50. The fourth-order valence-corrected chi connectivity index (χ4v) is 2.36. The van der Waals surface area contributed by atoms with Crippen LogP contribution in [0.1, 0.15) is 13.8 Å². The third-order valence-corrected chi connectivity index (χ3v) is 3.19. The van der Waals surface area contributed by atoms with E-state index in [1.54, 1.807) is 0 Å². The topological polar surface area (TPSA) is 6.48 Å². The summed E-state index contributed by atoms with van der Waals surface area (Å²) in [6.07, 6.45) is 0. The fourth-order valence-electron chi connectivity index (χ4n) is 2.36. The van der Waals surface area contributed by atoms with E-state index in [0.29, 0.717) is 0 Å². The lowest BCUT2D eigenvalue weighted by atomic mass is 10.2. The van der Waals surface area contributed by atoms with Gasteiger partial charge in [-0.2, -0.15) is 0 Å². The summed E-state index contributed by atoms with van der Waals surface area (Å²) in [6, 6.07) is 6.81. The van der Waals surface area contributed by atoms with Gasteiger partial charge in [-0.05, 0) is 30.2 Å². The SMILES string of the molecule is CC(C)CN1CCN(c2ccc(F)cc2)CC1. The lowest BCUT2D eigenvalue weighted by molar-refractivity contribution is 0.231. The van der Waals surface area contributed by atoms with Gasteiger partial charge in [-0.1, -0.05) is 13.8 Å². The molecule has 0 radical (unpaired) electrons. The summed E-state index contributed by atoms with van der Waals surface area (Å²) in [5.74, 6) is 0.569. The minimum atomic E-state index is -0.160. The molecule has 0 amide bonds. The van der Waals surface area contributed by atoms with Crippen molar-refractivity contribution in [2.24, 2.45) is 5.92 Å². The predicted molar refractivity (Wildman–Crippen MR) is 69.9 cm³/mol. The minimum Gasteiger partial charge on any atom is -0.369 e. The lowest BCUT2D eigenvalue weighted by Gasteiger charge is -2.36. The van der Waals surface area contributed by atoms with Crippen LogP contribution in [0.25, 0.3) is 0 Å². The van der Waals surface area contributed by atoms with Crippen molar-refractivity contribution in [1.29, 1.82) is 0 Å². The van der Waals surface area contributed by atoms with Gasteiger partial charge in [0, 0.05) is 38.4 Å². The van der Waals surface area contributed by atoms with Crippen LogP contribution in [0, 0.1) is 11.7 Å². The summed E-state index contributed by atoms with van der Waals surface area (Å²) < 4.78 is 12.8. The monoisotopic (exact) mass is 236 g/mol. The Morgan fingerprint density at radius 1 is 1.06 bits per heavy atom. The van der Waals surface area contributed by atoms with E-state index in [4.69, 9.17) is 0 Å². The van der Waals surface area contributed by atoms with E-state index < -0.39 is 0 Å². The van der Waals surface area contributed by atoms with Crippen LogP contribution in [0.15, 0.2) is 24.3 Å². The molecule has 1 fully saturated rings. The first-order valence-electron chi connectivity index (χ1n) is 6.38. The van der Waals surface area contributed by atoms with Crippen LogP contribution in [-0.2, 0) is 0 Å². The van der Waals surface area contributed by atoms with Gasteiger partial charge in [0.05, 0.1) is 0 Å². The molecule has 0 aromatic heterocycles. The molecule has 0 unspecified atom stereocenters. The number of halogens is 1. The molecule has 1 aromatic carbocycles. The number of piperazine rings is 1. The molecule has 1 aliphatic rings. The third-order valence-electron chi connectivity index (χ3n) is 3.19. The number of rotatable bonds is 3. The van der Waals surface area contributed by atoms with Gasteiger partial charge >= 0.3 is 0 Å². The summed E-state index contributed by atoms with van der Waals surface area (Å²) in [6.45, 7) is 9.98. The molecule has 3 heteroatoms. The van der Waals surface area contributed by atoms with Gasteiger partial charge in [0.15, 0.2) is 0 Å². The first-order chi connectivity index (χ1) is 8.15. The molecule has 94 valence electrons. The Balaban J connectivity index is 1.88. The second-order valence-corrected chi connectivity index (χ2v) is 5.16. The fraction of sp³-hybridized carbons (Fsp3) is 0.571. The van der Waals surface area contributed by atoms with E-state index in [2.05, 4.69) is 23.6 Å². The first kappa shape index (κ1) is 12.4. The third kappa shape index (κ3) is 3.43. The van der Waals surface area contributed by atoms with Crippen molar-refractivity contribution >= 4 is 5.69 Å². The quantitative estimate of drug-likeness (QED) is 0.796. The lowest BCUT2D eigenvalue weighted by Crippen LogP contribution is -2.47. The summed E-state index contributed by atoms with van der Waals surface area (Å²) in [5.41, 5.74) is 1.13. The highest BCUT2D eigenvalue weighted by molar-refractivity contribution is 5.46. The number of nitrogens with zero attached hydrogens (tertiary/aromatic N) is 2. The van der Waals surface area contributed by atoms with Crippen LogP contribution < -0.4 is 4.90 Å². The number of hydrogen-bond donors (Lipinski definition) is 0. The molecule has 0 saturated carbocycles. The van der Waals surface area contributed by atoms with Crippen LogP contribution in [-0.4, -0.2) is 37.6 Å². The minimum absolute atomic E-state index is 0.160. The van der Waals surface area contributed by atoms with Crippen LogP contribution >= 0.6 is 0 Å². The van der Waals surface area contributed by atoms with Crippen molar-refractivity contribution in [3.63, 3.8) is 0 Å². The molecule has 0 aliphatic carbocycles. The second-order valence-electron chi connectivity index (χ2n) is 5.16. The van der Waals surface area contributed by atoms with E-state index in [1.165, 1.54) is 18.7 Å². The molecule has 17 heavy (non-hydrogen) atoms. The maximum atomic E-state index is 12.8. The zero-order valence-electron chi connectivity index (χ0n) is 10.7. The largest absolute Gasteiger partial charge is 0.369 e. The molecule has 0 spiro atoms. The van der Waals surface area contributed by atoms with Crippen LogP contribution in [0.5, 0.6) is 0 Å². The van der Waals surface area contributed by atoms with Crippen LogP contribution in [0.2, 0.25) is 0 Å². The zero-order chi connectivity index (χ0) is 12.3. The smallest absolute Gasteiger partial charge is 0.123 e. The average Bonchev–Trinajstić information content (AvgIpc) is 2.30. The van der Waals surface area contributed by atoms with E-state index in [0.717, 1.165) is 37.8 Å². The van der Waals surface area contributed by atoms with Crippen molar-refractivity contribution in [1.82, 2.24) is 4.90 Å². The van der Waals surface area contributed by atoms with E-state index >= 15 is 0 Å². The average molecular weight is 236 g/mol. The highest BCUT2D eigenvalue weighted by atomic mass is 19.1. The van der Waals surface area contributed by atoms with Crippen molar-refractivity contribution in [3.05, 3.63) is 30.1 Å².